The Bertz CT molecular complexity index is 995. The van der Waals surface area contributed by atoms with Crippen LogP contribution < -0.4 is 0 Å². The number of carboxylic acids is 2. The molecule has 0 unspecified atom stereocenters. The van der Waals surface area contributed by atoms with Gasteiger partial charge in [0.1, 0.15) is 10.4 Å². The van der Waals surface area contributed by atoms with Crippen molar-refractivity contribution in [3.63, 3.8) is 0 Å². The average Bonchev–Trinajstić information content (AvgIpc) is 3.06. The van der Waals surface area contributed by atoms with Crippen molar-refractivity contribution in [3.8, 4) is 0 Å². The molecular formula is C18H16N2O5S2. The number of fused-ring (bicyclic) bond motifs is 1. The number of hydrogen-bond donors (Lipinski definition) is 2. The second-order valence-corrected chi connectivity index (χ2v) is 7.73. The predicted octanol–water partition coefficient (Wildman–Crippen LogP) is 2.70. The number of thioether (sulfide) groups is 1. The van der Waals surface area contributed by atoms with E-state index in [0.29, 0.717) is 4.91 Å². The second kappa shape index (κ2) is 7.53. The lowest BCUT2D eigenvalue weighted by Gasteiger charge is -2.22. The lowest BCUT2D eigenvalue weighted by atomic mass is 10.1. The van der Waals surface area contributed by atoms with Crippen LogP contribution in [0.4, 0.5) is 0 Å². The molecule has 0 spiro atoms. The van der Waals surface area contributed by atoms with Crippen molar-refractivity contribution in [3.05, 3.63) is 40.9 Å². The van der Waals surface area contributed by atoms with Gasteiger partial charge < -0.3 is 14.8 Å². The number of carboxylic acid groups (broad SMARTS) is 2. The first-order chi connectivity index (χ1) is 12.8. The third-order valence-corrected chi connectivity index (χ3v) is 5.60. The molecule has 1 aromatic carbocycles. The molecule has 27 heavy (non-hydrogen) atoms. The van der Waals surface area contributed by atoms with Crippen LogP contribution >= 0.6 is 24.0 Å². The van der Waals surface area contributed by atoms with Crippen LogP contribution in [-0.4, -0.2) is 47.9 Å². The maximum atomic E-state index is 12.8. The third kappa shape index (κ3) is 3.74. The highest BCUT2D eigenvalue weighted by Gasteiger charge is 2.40. The molecule has 0 saturated carbocycles. The van der Waals surface area contributed by atoms with Crippen molar-refractivity contribution in [2.24, 2.45) is 7.05 Å². The Hall–Kier alpha value is -2.65. The molecule has 9 heteroatoms. The van der Waals surface area contributed by atoms with E-state index in [1.807, 2.05) is 42.1 Å². The van der Waals surface area contributed by atoms with E-state index in [0.717, 1.165) is 33.1 Å². The number of thiocarbonyl (C=S) groups is 1. The van der Waals surface area contributed by atoms with Gasteiger partial charge >= 0.3 is 11.9 Å². The monoisotopic (exact) mass is 404 g/mol. The average molecular weight is 404 g/mol. The highest BCUT2D eigenvalue weighted by Crippen LogP contribution is 2.36. The third-order valence-electron chi connectivity index (χ3n) is 4.27. The number of carbonyl (C=O) groups excluding carboxylic acids is 1. The fourth-order valence-electron chi connectivity index (χ4n) is 3.00. The van der Waals surface area contributed by atoms with Crippen LogP contribution in [0.1, 0.15) is 18.4 Å². The molecule has 0 bridgehead atoms. The maximum Gasteiger partial charge on any atom is 0.326 e. The molecule has 1 saturated heterocycles. The van der Waals surface area contributed by atoms with Crippen molar-refractivity contribution in [2.75, 3.05) is 0 Å². The van der Waals surface area contributed by atoms with Crippen molar-refractivity contribution < 1.29 is 24.6 Å². The number of nitrogens with zero attached hydrogens (tertiary/aromatic N) is 2. The number of rotatable bonds is 6. The van der Waals surface area contributed by atoms with Crippen molar-refractivity contribution in [1.29, 1.82) is 0 Å². The minimum Gasteiger partial charge on any atom is -0.481 e. The molecule has 1 atom stereocenters. The highest BCUT2D eigenvalue weighted by atomic mass is 32.2. The van der Waals surface area contributed by atoms with E-state index in [1.165, 1.54) is 0 Å². The van der Waals surface area contributed by atoms with E-state index in [1.54, 1.807) is 6.08 Å². The second-order valence-electron chi connectivity index (χ2n) is 6.05. The van der Waals surface area contributed by atoms with Gasteiger partial charge in [0.2, 0.25) is 0 Å². The number of benzene rings is 1. The van der Waals surface area contributed by atoms with E-state index in [9.17, 15) is 19.5 Å². The summed E-state index contributed by atoms with van der Waals surface area (Å²) in [7, 11) is 1.90. The largest absolute Gasteiger partial charge is 0.481 e. The van der Waals surface area contributed by atoms with Gasteiger partial charge in [0, 0.05) is 36.1 Å². The summed E-state index contributed by atoms with van der Waals surface area (Å²) in [4.78, 5) is 36.4. The van der Waals surface area contributed by atoms with Gasteiger partial charge in [0.15, 0.2) is 0 Å². The summed E-state index contributed by atoms with van der Waals surface area (Å²) in [6, 6.07) is 6.42. The molecular weight excluding hydrogens is 388 g/mol. The highest BCUT2D eigenvalue weighted by molar-refractivity contribution is 8.26. The molecule has 1 aliphatic rings. The van der Waals surface area contributed by atoms with Crippen molar-refractivity contribution in [1.82, 2.24) is 9.47 Å². The topological polar surface area (TPSA) is 99.8 Å². The van der Waals surface area contributed by atoms with Crippen molar-refractivity contribution >= 4 is 63.1 Å². The number of para-hydroxylation sites is 1. The molecule has 2 heterocycles. The number of aliphatic carboxylic acids is 2. The van der Waals surface area contributed by atoms with E-state index in [2.05, 4.69) is 0 Å². The number of amides is 1. The zero-order chi connectivity index (χ0) is 19.7. The fourth-order valence-corrected chi connectivity index (χ4v) is 4.35. The van der Waals surface area contributed by atoms with Crippen LogP contribution in [0.5, 0.6) is 0 Å². The fraction of sp³-hybridized carbons (Fsp3) is 0.222. The van der Waals surface area contributed by atoms with Gasteiger partial charge in [-0.3, -0.25) is 14.5 Å². The summed E-state index contributed by atoms with van der Waals surface area (Å²) < 4.78 is 2.05. The molecule has 1 aromatic heterocycles. The Balaban J connectivity index is 1.94. The molecule has 7 nitrogen and oxygen atoms in total. The first kappa shape index (κ1) is 19.1. The van der Waals surface area contributed by atoms with Crippen LogP contribution in [0, 0.1) is 0 Å². The molecule has 0 radical (unpaired) electrons. The van der Waals surface area contributed by atoms with E-state index >= 15 is 0 Å². The first-order valence-electron chi connectivity index (χ1n) is 8.05. The quantitative estimate of drug-likeness (QED) is 0.564. The van der Waals surface area contributed by atoms with Crippen molar-refractivity contribution in [2.45, 2.75) is 18.9 Å². The van der Waals surface area contributed by atoms with Gasteiger partial charge in [-0.2, -0.15) is 0 Å². The number of aromatic nitrogens is 1. The van der Waals surface area contributed by atoms with Crippen LogP contribution in [0.3, 0.4) is 0 Å². The van der Waals surface area contributed by atoms with E-state index in [4.69, 9.17) is 17.3 Å². The first-order valence-corrected chi connectivity index (χ1v) is 9.27. The standard InChI is InChI=1S/C18H16N2O5S2/c1-19-9-10(11-4-2-3-5-12(11)19)8-14-16(23)20(18(26)27-14)13(17(24)25)6-7-15(21)22/h2-5,8-9,13H,6-7H2,1H3,(H,21,22)(H,24,25)/b14-8-/t13-/m0/s1. The van der Waals surface area contributed by atoms with E-state index < -0.39 is 23.9 Å². The van der Waals surface area contributed by atoms with Crippen LogP contribution in [0.15, 0.2) is 35.4 Å². The summed E-state index contributed by atoms with van der Waals surface area (Å²) in [5.41, 5.74) is 1.83. The molecule has 0 aliphatic carbocycles. The molecule has 1 fully saturated rings. The van der Waals surface area contributed by atoms with Crippen LogP contribution in [0.25, 0.3) is 17.0 Å². The Morgan fingerprint density at radius 3 is 2.67 bits per heavy atom. The Labute approximate surface area is 164 Å². The minimum absolute atomic E-state index is 0.115. The normalized spacial score (nSPS) is 17.1. The SMILES string of the molecule is Cn1cc(/C=C2\SC(=S)N([C@@H](CCC(=O)O)C(=O)O)C2=O)c2ccccc21. The van der Waals surface area contributed by atoms with Gasteiger partial charge in [0.05, 0.1) is 4.91 Å². The maximum absolute atomic E-state index is 12.8. The lowest BCUT2D eigenvalue weighted by molar-refractivity contribution is -0.146. The summed E-state index contributed by atoms with van der Waals surface area (Å²) in [5.74, 6) is -2.92. The molecule has 1 amide bonds. The van der Waals surface area contributed by atoms with Gasteiger partial charge in [-0.25, -0.2) is 4.79 Å². The Morgan fingerprint density at radius 2 is 2.00 bits per heavy atom. The zero-order valence-corrected chi connectivity index (χ0v) is 15.9. The zero-order valence-electron chi connectivity index (χ0n) is 14.3. The molecule has 140 valence electrons. The Kier molecular flexibility index (Phi) is 5.33. The molecule has 2 aromatic rings. The number of aryl methyl sites for hydroxylation is 1. The van der Waals surface area contributed by atoms with Gasteiger partial charge in [0.25, 0.3) is 5.91 Å². The van der Waals surface area contributed by atoms with Gasteiger partial charge in [-0.15, -0.1) is 0 Å². The summed E-state index contributed by atoms with van der Waals surface area (Å²) in [6.45, 7) is 0. The molecule has 1 aliphatic heterocycles. The summed E-state index contributed by atoms with van der Waals surface area (Å²) in [6.07, 6.45) is 3.00. The number of hydrogen-bond acceptors (Lipinski definition) is 5. The Morgan fingerprint density at radius 1 is 1.30 bits per heavy atom. The molecule has 2 N–H and O–H groups in total. The summed E-state index contributed by atoms with van der Waals surface area (Å²) in [5, 5.41) is 19.2. The smallest absolute Gasteiger partial charge is 0.326 e. The minimum atomic E-state index is -1.30. The van der Waals surface area contributed by atoms with Gasteiger partial charge in [-0.1, -0.05) is 42.2 Å². The van der Waals surface area contributed by atoms with E-state index in [-0.39, 0.29) is 17.2 Å². The summed E-state index contributed by atoms with van der Waals surface area (Å²) >= 11 is 6.22. The van der Waals surface area contributed by atoms with Gasteiger partial charge in [-0.05, 0) is 18.6 Å². The van der Waals surface area contributed by atoms with Crippen LogP contribution in [0.2, 0.25) is 0 Å². The van der Waals surface area contributed by atoms with Crippen LogP contribution in [-0.2, 0) is 21.4 Å². The number of carbonyl (C=O) groups is 3. The predicted molar refractivity (Wildman–Crippen MR) is 106 cm³/mol. The lowest BCUT2D eigenvalue weighted by Crippen LogP contribution is -2.44. The molecule has 3 rings (SSSR count).